The molecule has 0 spiro atoms. The normalized spacial score (nSPS) is 35.8. The van der Waals surface area contributed by atoms with Crippen molar-refractivity contribution in [2.75, 3.05) is 11.9 Å². The first kappa shape index (κ1) is 30.9. The molecule has 6 fully saturated rings. The molecule has 1 aromatic rings. The molecule has 6 atom stereocenters. The monoisotopic (exact) mass is 643 g/mol. The number of nitriles is 1. The number of hydrogen-bond donors (Lipinski definition) is 3. The van der Waals surface area contributed by atoms with Crippen LogP contribution in [0.2, 0.25) is 0 Å². The Morgan fingerprint density at radius 1 is 1.09 bits per heavy atom. The zero-order chi connectivity index (χ0) is 32.9. The third-order valence-electron chi connectivity index (χ3n) is 12.2. The summed E-state index contributed by atoms with van der Waals surface area (Å²) >= 11 is 0. The Morgan fingerprint density at radius 2 is 1.72 bits per heavy atom. The highest BCUT2D eigenvalue weighted by Gasteiger charge is 2.70. The number of fused-ring (bicyclic) bond motifs is 2. The Labute approximate surface area is 263 Å². The van der Waals surface area contributed by atoms with Gasteiger partial charge < -0.3 is 20.9 Å². The highest BCUT2D eigenvalue weighted by atomic mass is 19.4. The molecule has 3 N–H and O–H groups in total. The van der Waals surface area contributed by atoms with Gasteiger partial charge in [-0.05, 0) is 91.6 Å². The topological polar surface area (TPSA) is 131 Å². The maximum absolute atomic E-state index is 14.5. The second-order valence-electron chi connectivity index (χ2n) is 15.2. The van der Waals surface area contributed by atoms with E-state index in [9.17, 15) is 42.0 Å². The van der Waals surface area contributed by atoms with Crippen LogP contribution in [-0.2, 0) is 19.2 Å². The van der Waals surface area contributed by atoms with E-state index in [1.54, 1.807) is 6.07 Å². The average Bonchev–Trinajstić information content (AvgIpc) is 3.27. The van der Waals surface area contributed by atoms with Gasteiger partial charge in [-0.25, -0.2) is 4.39 Å². The minimum atomic E-state index is -5.18. The van der Waals surface area contributed by atoms with E-state index in [4.69, 9.17) is 0 Å². The number of alkyl halides is 3. The number of hydrogen-bond acceptors (Lipinski definition) is 5. The molecule has 6 unspecified atom stereocenters. The number of nitrogens with zero attached hydrogens (tertiary/aromatic N) is 2. The summed E-state index contributed by atoms with van der Waals surface area (Å²) in [7, 11) is 0. The van der Waals surface area contributed by atoms with Crippen LogP contribution in [0.4, 0.5) is 23.2 Å². The molecule has 1 saturated heterocycles. The summed E-state index contributed by atoms with van der Waals surface area (Å²) in [5.41, 5.74) is -0.732. The lowest BCUT2D eigenvalue weighted by Gasteiger charge is -2.59. The van der Waals surface area contributed by atoms with E-state index in [1.165, 1.54) is 17.0 Å². The number of para-hydroxylation sites is 1. The van der Waals surface area contributed by atoms with Crippen molar-refractivity contribution in [1.29, 1.82) is 5.26 Å². The van der Waals surface area contributed by atoms with Crippen LogP contribution in [0.25, 0.3) is 0 Å². The van der Waals surface area contributed by atoms with Crippen molar-refractivity contribution in [2.45, 2.75) is 89.0 Å². The zero-order valence-corrected chi connectivity index (χ0v) is 25.6. The first-order valence-electron chi connectivity index (χ1n) is 16.1. The van der Waals surface area contributed by atoms with Gasteiger partial charge in [-0.1, -0.05) is 26.0 Å². The molecule has 8 rings (SSSR count). The van der Waals surface area contributed by atoms with Gasteiger partial charge in [0.15, 0.2) is 0 Å². The number of halogens is 4. The fourth-order valence-electron chi connectivity index (χ4n) is 10.4. The van der Waals surface area contributed by atoms with Crippen LogP contribution in [0, 0.1) is 57.6 Å². The minimum absolute atomic E-state index is 0.0345. The molecule has 246 valence electrons. The van der Waals surface area contributed by atoms with Crippen molar-refractivity contribution in [1.82, 2.24) is 15.5 Å². The maximum Gasteiger partial charge on any atom is 0.471 e. The molecule has 1 aromatic carbocycles. The van der Waals surface area contributed by atoms with Crippen molar-refractivity contribution >= 4 is 29.3 Å². The average molecular weight is 644 g/mol. The molecule has 0 radical (unpaired) electrons. The number of nitrogens with one attached hydrogen (secondary N) is 3. The van der Waals surface area contributed by atoms with E-state index in [2.05, 4.69) is 16.0 Å². The Bertz CT molecular complexity index is 1520. The van der Waals surface area contributed by atoms with Gasteiger partial charge in [0.25, 0.3) is 0 Å². The fraction of sp³-hybridized carbons (Fsp3) is 0.667. The van der Waals surface area contributed by atoms with Crippen LogP contribution in [0.5, 0.6) is 0 Å². The number of amides is 4. The summed E-state index contributed by atoms with van der Waals surface area (Å²) in [6.07, 6.45) is -0.721. The zero-order valence-electron chi connectivity index (χ0n) is 25.6. The quantitative estimate of drug-likeness (QED) is 0.387. The van der Waals surface area contributed by atoms with Gasteiger partial charge >= 0.3 is 12.1 Å². The Hall–Kier alpha value is -3.69. The third-order valence-corrected chi connectivity index (χ3v) is 12.2. The van der Waals surface area contributed by atoms with Crippen LogP contribution in [0.1, 0.15) is 70.3 Å². The van der Waals surface area contributed by atoms with Crippen LogP contribution >= 0.6 is 0 Å². The van der Waals surface area contributed by atoms with Crippen LogP contribution in [0.3, 0.4) is 0 Å². The number of benzene rings is 1. The number of anilines is 1. The standard InChI is InChI=1S/C33H37F4N5O4/c1-31(2)21-14-42(29(45)26(41-30(46)33(35,36)37)32-10-15-6-16(11-32)8-17(7-15)12-32)25(23(21)31)28(44)39-18(13-38)9-20-19-4-3-5-22(34)24(19)40-27(20)43/h3-5,15-18,20-21,23,25-26H,6-12,14H2,1-2H3,(H,39,44)(H,40,43)(H,41,46). The smallest absolute Gasteiger partial charge is 0.339 e. The van der Waals surface area contributed by atoms with Crippen molar-refractivity contribution in [3.05, 3.63) is 29.6 Å². The minimum Gasteiger partial charge on any atom is -0.339 e. The first-order valence-corrected chi connectivity index (χ1v) is 16.1. The Morgan fingerprint density at radius 3 is 2.30 bits per heavy atom. The molecule has 4 bridgehead atoms. The summed E-state index contributed by atoms with van der Waals surface area (Å²) in [5, 5.41) is 17.3. The number of carbonyl (C=O) groups is 4. The number of rotatable bonds is 7. The predicted molar refractivity (Wildman–Crippen MR) is 155 cm³/mol. The van der Waals surface area contributed by atoms with Crippen LogP contribution < -0.4 is 16.0 Å². The summed E-state index contributed by atoms with van der Waals surface area (Å²) < 4.78 is 55.1. The molecular weight excluding hydrogens is 606 g/mol. The molecule has 13 heteroatoms. The van der Waals surface area contributed by atoms with Crippen LogP contribution in [-0.4, -0.2) is 59.4 Å². The summed E-state index contributed by atoms with van der Waals surface area (Å²) in [5.74, 6) is -5.00. The summed E-state index contributed by atoms with van der Waals surface area (Å²) in [6.45, 7) is 4.07. The molecule has 2 aliphatic heterocycles. The molecule has 9 nitrogen and oxygen atoms in total. The maximum atomic E-state index is 14.5. The van der Waals surface area contributed by atoms with Gasteiger partial charge in [0.2, 0.25) is 17.7 Å². The van der Waals surface area contributed by atoms with E-state index in [0.29, 0.717) is 24.8 Å². The highest BCUT2D eigenvalue weighted by molar-refractivity contribution is 6.03. The van der Waals surface area contributed by atoms with E-state index in [1.807, 2.05) is 19.9 Å². The molecule has 0 aromatic heterocycles. The van der Waals surface area contributed by atoms with Crippen molar-refractivity contribution in [3.8, 4) is 6.07 Å². The van der Waals surface area contributed by atoms with E-state index >= 15 is 0 Å². The first-order chi connectivity index (χ1) is 21.6. The molecule has 4 amide bonds. The highest BCUT2D eigenvalue weighted by Crippen LogP contribution is 2.66. The summed E-state index contributed by atoms with van der Waals surface area (Å²) in [6, 6.07) is 2.59. The van der Waals surface area contributed by atoms with Gasteiger partial charge in [-0.3, -0.25) is 19.2 Å². The summed E-state index contributed by atoms with van der Waals surface area (Å²) in [4.78, 5) is 54.9. The largest absolute Gasteiger partial charge is 0.471 e. The molecule has 5 saturated carbocycles. The van der Waals surface area contributed by atoms with Gasteiger partial charge in [-0.15, -0.1) is 0 Å². The van der Waals surface area contributed by atoms with Gasteiger partial charge in [0.05, 0.1) is 17.7 Å². The van der Waals surface area contributed by atoms with Gasteiger partial charge in [0.1, 0.15) is 23.9 Å². The van der Waals surface area contributed by atoms with Gasteiger partial charge in [-0.2, -0.15) is 18.4 Å². The molecular formula is C33H37F4N5O4. The Kier molecular flexibility index (Phi) is 7.00. The third kappa shape index (κ3) is 4.85. The van der Waals surface area contributed by atoms with Crippen molar-refractivity contribution < 1.29 is 36.7 Å². The Balaban J connectivity index is 1.15. The van der Waals surface area contributed by atoms with E-state index < -0.39 is 65.1 Å². The van der Waals surface area contributed by atoms with E-state index in [-0.39, 0.29) is 53.7 Å². The SMILES string of the molecule is CC1(C)C2CN(C(=O)C(NC(=O)C(F)(F)F)C34CC5CC(CC(C5)C3)C4)C(C(=O)NC(C#N)CC3C(=O)Nc4c(F)cccc43)C21. The lowest BCUT2D eigenvalue weighted by Crippen LogP contribution is -2.65. The van der Waals surface area contributed by atoms with Crippen molar-refractivity contribution in [2.24, 2.45) is 40.4 Å². The number of likely N-dealkylation sites (tertiary alicyclic amines) is 1. The van der Waals surface area contributed by atoms with Gasteiger partial charge in [0, 0.05) is 12.0 Å². The second kappa shape index (κ2) is 10.4. The fourth-order valence-corrected chi connectivity index (χ4v) is 10.4. The van der Waals surface area contributed by atoms with E-state index in [0.717, 1.165) is 19.3 Å². The molecule has 5 aliphatic carbocycles. The van der Waals surface area contributed by atoms with Crippen molar-refractivity contribution in [3.63, 3.8) is 0 Å². The lowest BCUT2D eigenvalue weighted by molar-refractivity contribution is -0.179. The molecule has 2 heterocycles. The predicted octanol–water partition coefficient (Wildman–Crippen LogP) is 4.01. The van der Waals surface area contributed by atoms with Crippen LogP contribution in [0.15, 0.2) is 18.2 Å². The number of piperidine rings is 1. The number of carbonyl (C=O) groups excluding carboxylic acids is 4. The molecule has 46 heavy (non-hydrogen) atoms. The lowest BCUT2D eigenvalue weighted by atomic mass is 9.47. The second-order valence-corrected chi connectivity index (χ2v) is 15.2. The molecule has 7 aliphatic rings.